The molecular formula is C14H8Cl2INO3. The minimum atomic E-state index is -1.12. The number of carboxylic acid groups (broad SMARTS) is 1. The predicted molar refractivity (Wildman–Crippen MR) is 90.5 cm³/mol. The number of carbonyl (C=O) groups is 2. The number of nitrogens with one attached hydrogen (secondary N) is 1. The molecule has 0 aliphatic rings. The van der Waals surface area contributed by atoms with Gasteiger partial charge in [-0.3, -0.25) is 4.79 Å². The molecule has 2 rings (SSSR count). The molecule has 108 valence electrons. The molecule has 4 nitrogen and oxygen atoms in total. The molecule has 21 heavy (non-hydrogen) atoms. The van der Waals surface area contributed by atoms with Crippen molar-refractivity contribution in [3.63, 3.8) is 0 Å². The standard InChI is InChI=1S/C14H8Cl2INO3/c15-9-3-8(14(20)21)4-10(6-9)18-13(19)7-1-2-12(17)11(16)5-7/h1-6H,(H,18,19)(H,20,21). The Morgan fingerprint density at radius 3 is 2.38 bits per heavy atom. The first-order chi connectivity index (χ1) is 9.86. The van der Waals surface area contributed by atoms with E-state index in [4.69, 9.17) is 28.3 Å². The Morgan fingerprint density at radius 2 is 1.76 bits per heavy atom. The van der Waals surface area contributed by atoms with Crippen molar-refractivity contribution in [3.05, 3.63) is 61.1 Å². The monoisotopic (exact) mass is 435 g/mol. The normalized spacial score (nSPS) is 10.2. The Kier molecular flexibility index (Phi) is 5.08. The summed E-state index contributed by atoms with van der Waals surface area (Å²) in [6.45, 7) is 0. The van der Waals surface area contributed by atoms with Crippen LogP contribution in [0, 0.1) is 3.57 Å². The number of carbonyl (C=O) groups excluding carboxylic acids is 1. The lowest BCUT2D eigenvalue weighted by atomic mass is 10.1. The van der Waals surface area contributed by atoms with Gasteiger partial charge in [0.15, 0.2) is 0 Å². The minimum absolute atomic E-state index is 0.00144. The smallest absolute Gasteiger partial charge is 0.335 e. The highest BCUT2D eigenvalue weighted by molar-refractivity contribution is 14.1. The van der Waals surface area contributed by atoms with Crippen LogP contribution in [-0.4, -0.2) is 17.0 Å². The number of amides is 1. The molecule has 0 saturated heterocycles. The van der Waals surface area contributed by atoms with Gasteiger partial charge in [-0.05, 0) is 59.0 Å². The summed E-state index contributed by atoms with van der Waals surface area (Å²) in [5, 5.41) is 12.3. The Morgan fingerprint density at radius 1 is 1.05 bits per heavy atom. The molecule has 2 aromatic rings. The van der Waals surface area contributed by atoms with E-state index in [1.54, 1.807) is 18.2 Å². The molecule has 0 aliphatic carbocycles. The molecule has 0 saturated carbocycles. The maximum atomic E-state index is 12.1. The number of anilines is 1. The Balaban J connectivity index is 2.27. The average Bonchev–Trinajstić information content (AvgIpc) is 2.41. The Labute approximate surface area is 144 Å². The summed E-state index contributed by atoms with van der Waals surface area (Å²) in [6, 6.07) is 9.01. The third-order valence-electron chi connectivity index (χ3n) is 2.58. The quantitative estimate of drug-likeness (QED) is 0.695. The zero-order valence-corrected chi connectivity index (χ0v) is 14.0. The summed E-state index contributed by atoms with van der Waals surface area (Å²) in [4.78, 5) is 23.1. The van der Waals surface area contributed by atoms with E-state index in [0.717, 1.165) is 3.57 Å². The predicted octanol–water partition coefficient (Wildman–Crippen LogP) is 4.55. The van der Waals surface area contributed by atoms with Crippen LogP contribution in [0.15, 0.2) is 36.4 Å². The van der Waals surface area contributed by atoms with E-state index in [-0.39, 0.29) is 10.6 Å². The summed E-state index contributed by atoms with van der Waals surface area (Å²) >= 11 is 13.9. The maximum absolute atomic E-state index is 12.1. The fraction of sp³-hybridized carbons (Fsp3) is 0. The zero-order chi connectivity index (χ0) is 15.6. The highest BCUT2D eigenvalue weighted by Crippen LogP contribution is 2.22. The van der Waals surface area contributed by atoms with Crippen LogP contribution in [0.5, 0.6) is 0 Å². The number of hydrogen-bond acceptors (Lipinski definition) is 2. The van der Waals surface area contributed by atoms with Crippen LogP contribution in [-0.2, 0) is 0 Å². The van der Waals surface area contributed by atoms with Gasteiger partial charge in [0.2, 0.25) is 0 Å². The van der Waals surface area contributed by atoms with Gasteiger partial charge in [0.25, 0.3) is 5.91 Å². The molecule has 0 bridgehead atoms. The second kappa shape index (κ2) is 6.64. The van der Waals surface area contributed by atoms with Gasteiger partial charge >= 0.3 is 5.97 Å². The highest BCUT2D eigenvalue weighted by Gasteiger charge is 2.11. The number of aromatic carboxylic acids is 1. The first-order valence-corrected chi connectivity index (χ1v) is 7.50. The van der Waals surface area contributed by atoms with Gasteiger partial charge in [0.05, 0.1) is 10.6 Å². The lowest BCUT2D eigenvalue weighted by Gasteiger charge is -2.08. The second-order valence-corrected chi connectivity index (χ2v) is 6.12. The van der Waals surface area contributed by atoms with E-state index in [1.165, 1.54) is 18.2 Å². The van der Waals surface area contributed by atoms with Gasteiger partial charge in [-0.25, -0.2) is 4.79 Å². The lowest BCUT2D eigenvalue weighted by molar-refractivity contribution is 0.0696. The van der Waals surface area contributed by atoms with Crippen LogP contribution in [0.3, 0.4) is 0 Å². The van der Waals surface area contributed by atoms with Crippen molar-refractivity contribution < 1.29 is 14.7 Å². The number of rotatable bonds is 3. The van der Waals surface area contributed by atoms with Crippen LogP contribution >= 0.6 is 45.8 Å². The van der Waals surface area contributed by atoms with Crippen molar-refractivity contribution in [3.8, 4) is 0 Å². The first kappa shape index (κ1) is 16.1. The van der Waals surface area contributed by atoms with Gasteiger partial charge in [-0.2, -0.15) is 0 Å². The second-order valence-electron chi connectivity index (χ2n) is 4.12. The van der Waals surface area contributed by atoms with Crippen molar-refractivity contribution in [2.24, 2.45) is 0 Å². The third kappa shape index (κ3) is 4.09. The molecule has 0 aliphatic heterocycles. The zero-order valence-electron chi connectivity index (χ0n) is 10.4. The summed E-state index contributed by atoms with van der Waals surface area (Å²) in [5.74, 6) is -1.52. The van der Waals surface area contributed by atoms with Crippen LogP contribution < -0.4 is 5.32 Å². The largest absolute Gasteiger partial charge is 0.478 e. The number of halogens is 3. The van der Waals surface area contributed by atoms with Crippen LogP contribution in [0.1, 0.15) is 20.7 Å². The molecule has 0 fully saturated rings. The number of hydrogen-bond donors (Lipinski definition) is 2. The highest BCUT2D eigenvalue weighted by atomic mass is 127. The summed E-state index contributed by atoms with van der Waals surface area (Å²) in [7, 11) is 0. The van der Waals surface area contributed by atoms with E-state index in [9.17, 15) is 9.59 Å². The van der Waals surface area contributed by atoms with E-state index >= 15 is 0 Å². The van der Waals surface area contributed by atoms with Gasteiger partial charge in [0.1, 0.15) is 0 Å². The molecule has 0 unspecified atom stereocenters. The molecular weight excluding hydrogens is 428 g/mol. The van der Waals surface area contributed by atoms with Crippen molar-refractivity contribution in [2.45, 2.75) is 0 Å². The SMILES string of the molecule is O=C(O)c1cc(Cl)cc(NC(=O)c2ccc(I)c(Cl)c2)c1. The Hall–Kier alpha value is -1.31. The molecule has 0 radical (unpaired) electrons. The molecule has 0 heterocycles. The molecule has 0 atom stereocenters. The number of carboxylic acids is 1. The molecule has 7 heteroatoms. The van der Waals surface area contributed by atoms with Crippen molar-refractivity contribution in [2.75, 3.05) is 5.32 Å². The summed E-state index contributed by atoms with van der Waals surface area (Å²) in [5.41, 5.74) is 0.676. The summed E-state index contributed by atoms with van der Waals surface area (Å²) < 4.78 is 0.835. The lowest BCUT2D eigenvalue weighted by Crippen LogP contribution is -2.12. The summed E-state index contributed by atoms with van der Waals surface area (Å²) in [6.07, 6.45) is 0. The van der Waals surface area contributed by atoms with E-state index < -0.39 is 11.9 Å². The third-order valence-corrected chi connectivity index (χ3v) is 4.37. The molecule has 0 aromatic heterocycles. The molecule has 2 aromatic carbocycles. The molecule has 1 amide bonds. The van der Waals surface area contributed by atoms with Gasteiger partial charge < -0.3 is 10.4 Å². The van der Waals surface area contributed by atoms with E-state index in [1.807, 2.05) is 0 Å². The number of benzene rings is 2. The van der Waals surface area contributed by atoms with Crippen LogP contribution in [0.25, 0.3) is 0 Å². The van der Waals surface area contributed by atoms with Gasteiger partial charge in [-0.1, -0.05) is 23.2 Å². The maximum Gasteiger partial charge on any atom is 0.335 e. The molecule has 2 N–H and O–H groups in total. The van der Waals surface area contributed by atoms with Crippen LogP contribution in [0.4, 0.5) is 5.69 Å². The topological polar surface area (TPSA) is 66.4 Å². The van der Waals surface area contributed by atoms with Gasteiger partial charge in [-0.15, -0.1) is 0 Å². The molecule has 0 spiro atoms. The minimum Gasteiger partial charge on any atom is -0.478 e. The van der Waals surface area contributed by atoms with Crippen molar-refractivity contribution in [1.82, 2.24) is 0 Å². The van der Waals surface area contributed by atoms with Crippen molar-refractivity contribution >= 4 is 63.4 Å². The fourth-order valence-electron chi connectivity index (χ4n) is 1.63. The fourth-order valence-corrected chi connectivity index (χ4v) is 2.38. The average molecular weight is 436 g/mol. The van der Waals surface area contributed by atoms with Crippen molar-refractivity contribution in [1.29, 1.82) is 0 Å². The first-order valence-electron chi connectivity index (χ1n) is 5.67. The van der Waals surface area contributed by atoms with Gasteiger partial charge in [0, 0.05) is 19.8 Å². The van der Waals surface area contributed by atoms with Crippen LogP contribution in [0.2, 0.25) is 10.0 Å². The Bertz CT molecular complexity index is 734. The van der Waals surface area contributed by atoms with E-state index in [0.29, 0.717) is 16.3 Å². The van der Waals surface area contributed by atoms with E-state index in [2.05, 4.69) is 27.9 Å².